The Morgan fingerprint density at radius 3 is 1.54 bits per heavy atom. The lowest BCUT2D eigenvalue weighted by Crippen LogP contribution is -2.19. The Bertz CT molecular complexity index is 2690. The molecule has 63 heavy (non-hydrogen) atoms. The van der Waals surface area contributed by atoms with Crippen LogP contribution < -0.4 is 9.47 Å². The molecule has 13 nitrogen and oxygen atoms in total. The van der Waals surface area contributed by atoms with Crippen molar-refractivity contribution in [3.63, 3.8) is 0 Å². The molecule has 6 rings (SSSR count). The first kappa shape index (κ1) is 47.2. The molecule has 0 aliphatic rings. The molecule has 0 heterocycles. The van der Waals surface area contributed by atoms with Gasteiger partial charge in [0.1, 0.15) is 29.1 Å². The van der Waals surface area contributed by atoms with Gasteiger partial charge in [0.05, 0.1) is 35.9 Å². The average Bonchev–Trinajstić information content (AvgIpc) is 3.25. The number of phenols is 2. The highest BCUT2D eigenvalue weighted by Gasteiger charge is 2.20. The lowest BCUT2D eigenvalue weighted by atomic mass is 10.0. The topological polar surface area (TPSA) is 183 Å². The normalized spacial score (nSPS) is 11.7. The number of esters is 2. The van der Waals surface area contributed by atoms with Crippen LogP contribution in [0, 0.1) is 0 Å². The van der Waals surface area contributed by atoms with Crippen molar-refractivity contribution in [3.05, 3.63) is 171 Å². The highest BCUT2D eigenvalue weighted by Crippen LogP contribution is 2.41. The number of hydrogen-bond donors (Lipinski definition) is 3. The van der Waals surface area contributed by atoms with Gasteiger partial charge < -0.3 is 39.2 Å². The molecule has 3 N–H and O–H groups in total. The number of ketones is 1. The molecule has 6 aromatic carbocycles. The third-order valence-electron chi connectivity index (χ3n) is 8.42. The number of aromatic hydroxyl groups is 2. The minimum Gasteiger partial charge on any atom is -0.508 e. The summed E-state index contributed by atoms with van der Waals surface area (Å²) in [5, 5.41) is 40.2. The van der Waals surface area contributed by atoms with Gasteiger partial charge in [0.25, 0.3) is 0 Å². The zero-order chi connectivity index (χ0) is 45.2. The van der Waals surface area contributed by atoms with E-state index < -0.39 is 37.0 Å². The monoisotopic (exact) mass is 1150 g/mol. The van der Waals surface area contributed by atoms with Crippen LogP contribution in [0.4, 0.5) is 0 Å². The summed E-state index contributed by atoms with van der Waals surface area (Å²) in [7, 11) is 0. The number of halogens is 6. The molecule has 0 spiro atoms. The van der Waals surface area contributed by atoms with E-state index in [0.29, 0.717) is 67.4 Å². The molecule has 1 unspecified atom stereocenters. The number of aliphatic hydroxyl groups is 1. The second kappa shape index (κ2) is 21.9. The Hall–Kier alpha value is -5.27. The van der Waals surface area contributed by atoms with Gasteiger partial charge in [-0.05, 0) is 177 Å². The standard InChI is InChI=1S/C44H28Br4Cl2N2O11/c45-33-13-23(14-34(46)43(33)61-29-9-11-37(53)31(17-29)41(57)25-1-5-27(49)6-2-25)19-51-59-21-39(55)63-40(56)22-60-52-20-24-15-35(47)44(36(48)16-24)62-30-10-12-38(54)32(18-30)42(58)26-3-7-28(50)8-4-26/h1-20,41,53-54,57H,21-22H2. The predicted octanol–water partition coefficient (Wildman–Crippen LogP) is 11.8. The molecule has 0 saturated carbocycles. The Morgan fingerprint density at radius 1 is 0.603 bits per heavy atom. The number of phenolic OH excluding ortho intramolecular Hbond substituents is 2. The molecular formula is C44H28Br4Cl2N2O11. The molecule has 0 aliphatic carbocycles. The van der Waals surface area contributed by atoms with Crippen molar-refractivity contribution in [2.24, 2.45) is 10.3 Å². The summed E-state index contributed by atoms with van der Waals surface area (Å²) in [6, 6.07) is 28.2. The van der Waals surface area contributed by atoms with E-state index in [2.05, 4.69) is 78.8 Å². The Kier molecular flexibility index (Phi) is 16.4. The van der Waals surface area contributed by atoms with Gasteiger partial charge in [-0.3, -0.25) is 4.79 Å². The van der Waals surface area contributed by atoms with E-state index >= 15 is 0 Å². The van der Waals surface area contributed by atoms with E-state index in [4.69, 9.17) is 42.4 Å². The Balaban J connectivity index is 0.950. The SMILES string of the molecule is O=C(CON=Cc1cc(Br)c(Oc2ccc(O)c(C(=O)c3ccc(Cl)cc3)c2)c(Br)c1)OC(=O)CON=Cc1cc(Br)c(Oc2ccc(O)c(C(O)c3ccc(Cl)cc3)c2)c(Br)c1. The van der Waals surface area contributed by atoms with Gasteiger partial charge in [-0.2, -0.15) is 0 Å². The maximum Gasteiger partial charge on any atom is 0.354 e. The van der Waals surface area contributed by atoms with Crippen molar-refractivity contribution in [3.8, 4) is 34.5 Å². The van der Waals surface area contributed by atoms with E-state index in [9.17, 15) is 29.7 Å². The van der Waals surface area contributed by atoms with Gasteiger partial charge in [0, 0.05) is 21.2 Å². The summed E-state index contributed by atoms with van der Waals surface area (Å²) in [6.45, 7) is -1.36. The first-order chi connectivity index (χ1) is 30.1. The number of rotatable bonds is 16. The Labute approximate surface area is 402 Å². The molecule has 0 radical (unpaired) electrons. The van der Waals surface area contributed by atoms with Crippen molar-refractivity contribution in [1.29, 1.82) is 0 Å². The molecule has 6 aromatic rings. The molecule has 0 aromatic heterocycles. The van der Waals surface area contributed by atoms with Gasteiger partial charge in [0.15, 0.2) is 17.3 Å². The smallest absolute Gasteiger partial charge is 0.354 e. The largest absolute Gasteiger partial charge is 0.508 e. The van der Waals surface area contributed by atoms with Gasteiger partial charge in [-0.15, -0.1) is 0 Å². The van der Waals surface area contributed by atoms with Crippen LogP contribution in [0.1, 0.15) is 44.3 Å². The van der Waals surface area contributed by atoms with Crippen LogP contribution in [0.3, 0.4) is 0 Å². The molecule has 1 atom stereocenters. The van der Waals surface area contributed by atoms with Crippen LogP contribution >= 0.6 is 86.9 Å². The predicted molar refractivity (Wildman–Crippen MR) is 249 cm³/mol. The summed E-state index contributed by atoms with van der Waals surface area (Å²) in [4.78, 5) is 47.3. The number of carbonyl (C=O) groups excluding carboxylic acids is 3. The second-order valence-corrected chi connectivity index (χ2v) is 17.2. The van der Waals surface area contributed by atoms with Crippen molar-refractivity contribution in [1.82, 2.24) is 0 Å². The van der Waals surface area contributed by atoms with Crippen LogP contribution in [0.25, 0.3) is 0 Å². The molecule has 19 heteroatoms. The van der Waals surface area contributed by atoms with Crippen LogP contribution in [-0.4, -0.2) is 58.7 Å². The minimum atomic E-state index is -1.14. The van der Waals surface area contributed by atoms with Gasteiger partial charge in [-0.25, -0.2) is 9.59 Å². The molecule has 0 amide bonds. The highest BCUT2D eigenvalue weighted by molar-refractivity contribution is 9.11. The van der Waals surface area contributed by atoms with E-state index in [0.717, 1.165) is 0 Å². The van der Waals surface area contributed by atoms with Gasteiger partial charge >= 0.3 is 11.9 Å². The third-order valence-corrected chi connectivity index (χ3v) is 11.3. The summed E-state index contributed by atoms with van der Waals surface area (Å²) >= 11 is 25.7. The van der Waals surface area contributed by atoms with Crippen molar-refractivity contribution in [2.45, 2.75) is 6.10 Å². The molecule has 0 fully saturated rings. The number of nitrogens with zero attached hydrogens (tertiary/aromatic N) is 2. The lowest BCUT2D eigenvalue weighted by molar-refractivity contribution is -0.165. The number of oxime groups is 2. The first-order valence-corrected chi connectivity index (χ1v) is 21.9. The van der Waals surface area contributed by atoms with Crippen molar-refractivity contribution < 1.29 is 53.6 Å². The summed E-state index contributed by atoms with van der Waals surface area (Å²) in [5.41, 5.74) is 2.20. The fraction of sp³-hybridized carbons (Fsp3) is 0.0682. The zero-order valence-corrected chi connectivity index (χ0v) is 39.7. The second-order valence-electron chi connectivity index (χ2n) is 12.9. The quantitative estimate of drug-likeness (QED) is 0.0276. The Morgan fingerprint density at radius 2 is 1.05 bits per heavy atom. The molecule has 0 aliphatic heterocycles. The highest BCUT2D eigenvalue weighted by atomic mass is 79.9. The molecule has 0 bridgehead atoms. The number of ether oxygens (including phenoxy) is 3. The lowest BCUT2D eigenvalue weighted by Gasteiger charge is -2.16. The minimum absolute atomic E-state index is 0.0374. The summed E-state index contributed by atoms with van der Waals surface area (Å²) < 4.78 is 18.7. The van der Waals surface area contributed by atoms with E-state index in [1.807, 2.05) is 0 Å². The maximum absolute atomic E-state index is 13.0. The summed E-state index contributed by atoms with van der Waals surface area (Å²) in [6.07, 6.45) is 1.49. The fourth-order valence-corrected chi connectivity index (χ4v) is 8.48. The molecular weight excluding hydrogens is 1120 g/mol. The van der Waals surface area contributed by atoms with Crippen LogP contribution in [-0.2, 0) is 24.0 Å². The van der Waals surface area contributed by atoms with Crippen LogP contribution in [0.5, 0.6) is 34.5 Å². The van der Waals surface area contributed by atoms with E-state index in [1.54, 1.807) is 78.9 Å². The van der Waals surface area contributed by atoms with Crippen molar-refractivity contribution in [2.75, 3.05) is 13.2 Å². The van der Waals surface area contributed by atoms with E-state index in [-0.39, 0.29) is 28.4 Å². The summed E-state index contributed by atoms with van der Waals surface area (Å²) in [5.74, 6) is -1.45. The van der Waals surface area contributed by atoms with E-state index in [1.165, 1.54) is 42.8 Å². The maximum atomic E-state index is 13.0. The number of hydrogen-bond acceptors (Lipinski definition) is 13. The molecule has 0 saturated heterocycles. The third kappa shape index (κ3) is 12.9. The zero-order valence-electron chi connectivity index (χ0n) is 31.8. The average molecular weight is 1150 g/mol. The fourth-order valence-electron chi connectivity index (χ4n) is 5.46. The van der Waals surface area contributed by atoms with Gasteiger partial charge in [-0.1, -0.05) is 45.6 Å². The first-order valence-electron chi connectivity index (χ1n) is 17.9. The number of aliphatic hydroxyl groups excluding tert-OH is 1. The number of carbonyl (C=O) groups is 3. The van der Waals surface area contributed by atoms with Crippen LogP contribution in [0.15, 0.2) is 137 Å². The molecule has 322 valence electrons. The number of benzene rings is 6. The van der Waals surface area contributed by atoms with Crippen molar-refractivity contribution >= 4 is 117 Å². The van der Waals surface area contributed by atoms with Crippen LogP contribution in [0.2, 0.25) is 10.0 Å². The van der Waals surface area contributed by atoms with Gasteiger partial charge in [0.2, 0.25) is 13.2 Å².